The first-order valence-corrected chi connectivity index (χ1v) is 6.36. The van der Waals surface area contributed by atoms with Crippen molar-refractivity contribution in [2.75, 3.05) is 0 Å². The number of phenols is 2. The van der Waals surface area contributed by atoms with E-state index in [0.717, 1.165) is 0 Å². The first kappa shape index (κ1) is 13.6. The summed E-state index contributed by atoms with van der Waals surface area (Å²) < 4.78 is 0.701. The number of para-hydroxylation sites is 1. The van der Waals surface area contributed by atoms with Gasteiger partial charge in [-0.2, -0.15) is 5.10 Å². The number of aromatic nitrogens is 2. The van der Waals surface area contributed by atoms with Crippen LogP contribution in [0.5, 0.6) is 11.5 Å². The number of aromatic hydroxyl groups is 2. The van der Waals surface area contributed by atoms with Crippen LogP contribution in [0.2, 0.25) is 0 Å². The lowest BCUT2D eigenvalue weighted by atomic mass is 10.2. The minimum atomic E-state index is -0.664. The van der Waals surface area contributed by atoms with Gasteiger partial charge in [-0.25, -0.2) is 4.79 Å². The van der Waals surface area contributed by atoms with Gasteiger partial charge in [0, 0.05) is 0 Å². The maximum absolute atomic E-state index is 12.2. The summed E-state index contributed by atoms with van der Waals surface area (Å²) in [6, 6.07) is 10.6. The van der Waals surface area contributed by atoms with Gasteiger partial charge >= 0.3 is 5.69 Å². The molecule has 0 saturated carbocycles. The SMILES string of the molecule is O=c1[nH]c2ccccc2c(=O)n1N=Cc1ccc(O)c(O)c1. The van der Waals surface area contributed by atoms with Crippen molar-refractivity contribution < 1.29 is 10.2 Å². The predicted octanol–water partition coefficient (Wildman–Crippen LogP) is 0.983. The van der Waals surface area contributed by atoms with E-state index in [9.17, 15) is 19.8 Å². The van der Waals surface area contributed by atoms with E-state index in [-0.39, 0.29) is 11.5 Å². The van der Waals surface area contributed by atoms with Crippen molar-refractivity contribution in [3.8, 4) is 11.5 Å². The fourth-order valence-electron chi connectivity index (χ4n) is 2.00. The summed E-state index contributed by atoms with van der Waals surface area (Å²) in [7, 11) is 0. The molecule has 0 fully saturated rings. The molecule has 7 heteroatoms. The van der Waals surface area contributed by atoms with Crippen molar-refractivity contribution in [1.29, 1.82) is 0 Å². The third-order valence-corrected chi connectivity index (χ3v) is 3.11. The number of nitrogens with zero attached hydrogens (tertiary/aromatic N) is 2. The van der Waals surface area contributed by atoms with Crippen molar-refractivity contribution in [2.24, 2.45) is 5.10 Å². The molecule has 22 heavy (non-hydrogen) atoms. The lowest BCUT2D eigenvalue weighted by Crippen LogP contribution is -2.32. The van der Waals surface area contributed by atoms with E-state index < -0.39 is 11.2 Å². The van der Waals surface area contributed by atoms with E-state index in [0.29, 0.717) is 21.1 Å². The van der Waals surface area contributed by atoms with E-state index in [1.165, 1.54) is 24.4 Å². The van der Waals surface area contributed by atoms with Gasteiger partial charge in [0.2, 0.25) is 0 Å². The van der Waals surface area contributed by atoms with Gasteiger partial charge in [0.05, 0.1) is 17.1 Å². The standard InChI is InChI=1S/C15H11N3O4/c19-12-6-5-9(7-13(12)20)8-16-18-14(21)10-3-1-2-4-11(10)17-15(18)22/h1-8,19-20H,(H,17,22). The lowest BCUT2D eigenvalue weighted by Gasteiger charge is -2.01. The zero-order valence-corrected chi connectivity index (χ0v) is 11.2. The Morgan fingerprint density at radius 3 is 2.59 bits per heavy atom. The number of benzene rings is 2. The molecule has 2 aromatic carbocycles. The number of H-pyrrole nitrogens is 1. The summed E-state index contributed by atoms with van der Waals surface area (Å²) in [4.78, 5) is 26.7. The van der Waals surface area contributed by atoms with Gasteiger partial charge < -0.3 is 15.2 Å². The Morgan fingerprint density at radius 1 is 1.05 bits per heavy atom. The maximum Gasteiger partial charge on any atom is 0.349 e. The summed E-state index contributed by atoms with van der Waals surface area (Å²) in [6.07, 6.45) is 1.24. The first-order chi connectivity index (χ1) is 10.6. The van der Waals surface area contributed by atoms with Crippen LogP contribution in [0.1, 0.15) is 5.56 Å². The van der Waals surface area contributed by atoms with Crippen LogP contribution in [0.3, 0.4) is 0 Å². The fourth-order valence-corrected chi connectivity index (χ4v) is 2.00. The number of rotatable bonds is 2. The Labute approximate surface area is 123 Å². The van der Waals surface area contributed by atoms with Crippen molar-refractivity contribution in [2.45, 2.75) is 0 Å². The molecule has 3 aromatic rings. The third-order valence-electron chi connectivity index (χ3n) is 3.11. The molecule has 0 bridgehead atoms. The summed E-state index contributed by atoms with van der Waals surface area (Å²) in [5, 5.41) is 22.8. The number of phenolic OH excluding ortho intramolecular Hbond substituents is 2. The highest BCUT2D eigenvalue weighted by Gasteiger charge is 2.05. The van der Waals surface area contributed by atoms with Crippen molar-refractivity contribution >= 4 is 17.1 Å². The second kappa shape index (κ2) is 5.21. The molecule has 1 heterocycles. The lowest BCUT2D eigenvalue weighted by molar-refractivity contribution is 0.403. The summed E-state index contributed by atoms with van der Waals surface area (Å²) >= 11 is 0. The predicted molar refractivity (Wildman–Crippen MR) is 81.6 cm³/mol. The molecule has 0 aliphatic rings. The second-order valence-corrected chi connectivity index (χ2v) is 4.59. The Hall–Kier alpha value is -3.35. The largest absolute Gasteiger partial charge is 0.504 e. The van der Waals surface area contributed by atoms with Gasteiger partial charge in [0.25, 0.3) is 5.56 Å². The number of hydrogen-bond acceptors (Lipinski definition) is 5. The molecule has 0 aliphatic carbocycles. The van der Waals surface area contributed by atoms with Gasteiger partial charge in [0.15, 0.2) is 11.5 Å². The van der Waals surface area contributed by atoms with Crippen molar-refractivity contribution in [3.05, 3.63) is 68.9 Å². The van der Waals surface area contributed by atoms with Crippen molar-refractivity contribution in [1.82, 2.24) is 9.66 Å². The summed E-state index contributed by atoms with van der Waals surface area (Å²) in [6.45, 7) is 0. The van der Waals surface area contributed by atoms with Gasteiger partial charge in [-0.15, -0.1) is 4.68 Å². The number of aromatic amines is 1. The van der Waals surface area contributed by atoms with Crippen LogP contribution in [0, 0.1) is 0 Å². The Balaban J connectivity index is 2.10. The molecule has 0 atom stereocenters. The highest BCUT2D eigenvalue weighted by atomic mass is 16.3. The van der Waals surface area contributed by atoms with E-state index in [1.807, 2.05) is 0 Å². The topological polar surface area (TPSA) is 108 Å². The van der Waals surface area contributed by atoms with Crippen LogP contribution in [-0.2, 0) is 0 Å². The molecule has 7 nitrogen and oxygen atoms in total. The van der Waals surface area contributed by atoms with Crippen LogP contribution >= 0.6 is 0 Å². The third kappa shape index (κ3) is 2.35. The van der Waals surface area contributed by atoms with Crippen LogP contribution in [0.4, 0.5) is 0 Å². The highest BCUT2D eigenvalue weighted by molar-refractivity contribution is 5.81. The molecule has 0 unspecified atom stereocenters. The average molecular weight is 297 g/mol. The minimum Gasteiger partial charge on any atom is -0.504 e. The van der Waals surface area contributed by atoms with Crippen LogP contribution < -0.4 is 11.2 Å². The van der Waals surface area contributed by atoms with E-state index in [4.69, 9.17) is 0 Å². The number of fused-ring (bicyclic) bond motifs is 1. The van der Waals surface area contributed by atoms with Crippen LogP contribution in [0.25, 0.3) is 10.9 Å². The van der Waals surface area contributed by atoms with Gasteiger partial charge in [-0.1, -0.05) is 12.1 Å². The molecule has 0 spiro atoms. The normalized spacial score (nSPS) is 11.3. The van der Waals surface area contributed by atoms with Gasteiger partial charge in [0.1, 0.15) is 0 Å². The summed E-state index contributed by atoms with van der Waals surface area (Å²) in [5.74, 6) is -0.582. The van der Waals surface area contributed by atoms with Gasteiger partial charge in [-0.05, 0) is 35.9 Å². The summed E-state index contributed by atoms with van der Waals surface area (Å²) in [5.41, 5.74) is -0.345. The minimum absolute atomic E-state index is 0.266. The van der Waals surface area contributed by atoms with Crippen molar-refractivity contribution in [3.63, 3.8) is 0 Å². The zero-order valence-electron chi connectivity index (χ0n) is 11.2. The fraction of sp³-hybridized carbons (Fsp3) is 0. The monoisotopic (exact) mass is 297 g/mol. The second-order valence-electron chi connectivity index (χ2n) is 4.59. The zero-order chi connectivity index (χ0) is 15.7. The van der Waals surface area contributed by atoms with Gasteiger partial charge in [-0.3, -0.25) is 4.79 Å². The first-order valence-electron chi connectivity index (χ1n) is 6.36. The molecule has 110 valence electrons. The van der Waals surface area contributed by atoms with E-state index in [1.54, 1.807) is 24.3 Å². The maximum atomic E-state index is 12.2. The Bertz CT molecular complexity index is 1000. The molecule has 0 radical (unpaired) electrons. The molecule has 1 aromatic heterocycles. The molecule has 0 saturated heterocycles. The van der Waals surface area contributed by atoms with Crippen LogP contribution in [0.15, 0.2) is 57.2 Å². The molecule has 3 rings (SSSR count). The molecule has 0 amide bonds. The number of hydrogen-bond donors (Lipinski definition) is 3. The quantitative estimate of drug-likeness (QED) is 0.484. The highest BCUT2D eigenvalue weighted by Crippen LogP contribution is 2.23. The Kier molecular flexibility index (Phi) is 3.23. The average Bonchev–Trinajstić information content (AvgIpc) is 2.50. The Morgan fingerprint density at radius 2 is 1.82 bits per heavy atom. The molecule has 0 aliphatic heterocycles. The van der Waals surface area contributed by atoms with E-state index >= 15 is 0 Å². The van der Waals surface area contributed by atoms with E-state index in [2.05, 4.69) is 10.1 Å². The molecular weight excluding hydrogens is 286 g/mol. The number of nitrogens with one attached hydrogen (secondary N) is 1. The van der Waals surface area contributed by atoms with Crippen LogP contribution in [-0.4, -0.2) is 26.1 Å². The molecular formula is C15H11N3O4. The smallest absolute Gasteiger partial charge is 0.349 e. The molecule has 3 N–H and O–H groups in total.